The Morgan fingerprint density at radius 3 is 2.58 bits per heavy atom. The van der Waals surface area contributed by atoms with Crippen molar-refractivity contribution < 1.29 is 9.90 Å². The summed E-state index contributed by atoms with van der Waals surface area (Å²) in [5.41, 5.74) is 0.365. The number of nitrogens with zero attached hydrogens (tertiary/aromatic N) is 2. The first-order valence-electron chi connectivity index (χ1n) is 7.38. The van der Waals surface area contributed by atoms with E-state index in [4.69, 9.17) is 0 Å². The lowest BCUT2D eigenvalue weighted by Gasteiger charge is -2.22. The minimum absolute atomic E-state index is 0.429. The van der Waals surface area contributed by atoms with Crippen LogP contribution in [0.15, 0.2) is 12.3 Å². The van der Waals surface area contributed by atoms with E-state index in [9.17, 15) is 9.90 Å². The SMILES string of the molecule is CCC(CC)n1ccc(CC2(C(=O)O)CCCC2)n1. The molecule has 1 aliphatic carbocycles. The summed E-state index contributed by atoms with van der Waals surface area (Å²) in [7, 11) is 0. The second-order valence-corrected chi connectivity index (χ2v) is 5.73. The van der Waals surface area contributed by atoms with Crippen LogP contribution in [-0.2, 0) is 11.2 Å². The maximum absolute atomic E-state index is 11.5. The highest BCUT2D eigenvalue weighted by atomic mass is 16.4. The summed E-state index contributed by atoms with van der Waals surface area (Å²) < 4.78 is 2.00. The van der Waals surface area contributed by atoms with Gasteiger partial charge in [-0.2, -0.15) is 5.10 Å². The second-order valence-electron chi connectivity index (χ2n) is 5.73. The van der Waals surface area contributed by atoms with Gasteiger partial charge in [-0.3, -0.25) is 9.48 Å². The van der Waals surface area contributed by atoms with Crippen LogP contribution in [0, 0.1) is 5.41 Å². The van der Waals surface area contributed by atoms with Crippen molar-refractivity contribution in [1.82, 2.24) is 9.78 Å². The summed E-state index contributed by atoms with van der Waals surface area (Å²) in [5, 5.41) is 14.1. The first-order valence-corrected chi connectivity index (χ1v) is 7.38. The van der Waals surface area contributed by atoms with E-state index in [0.29, 0.717) is 12.5 Å². The average molecular weight is 264 g/mol. The predicted molar refractivity (Wildman–Crippen MR) is 74.1 cm³/mol. The topological polar surface area (TPSA) is 55.1 Å². The van der Waals surface area contributed by atoms with Crippen LogP contribution in [0.2, 0.25) is 0 Å². The summed E-state index contributed by atoms with van der Waals surface area (Å²) in [6.07, 6.45) is 8.33. The molecule has 1 N–H and O–H groups in total. The molecule has 0 aromatic carbocycles. The summed E-state index contributed by atoms with van der Waals surface area (Å²) in [6.45, 7) is 4.32. The smallest absolute Gasteiger partial charge is 0.310 e. The Morgan fingerprint density at radius 2 is 2.05 bits per heavy atom. The summed E-state index contributed by atoms with van der Waals surface area (Å²) in [5.74, 6) is -0.651. The van der Waals surface area contributed by atoms with Crippen molar-refractivity contribution in [2.75, 3.05) is 0 Å². The zero-order chi connectivity index (χ0) is 13.9. The molecule has 19 heavy (non-hydrogen) atoms. The molecule has 0 unspecified atom stereocenters. The van der Waals surface area contributed by atoms with Crippen molar-refractivity contribution in [3.05, 3.63) is 18.0 Å². The van der Waals surface area contributed by atoms with E-state index in [2.05, 4.69) is 18.9 Å². The molecule has 1 saturated carbocycles. The molecule has 1 aromatic rings. The fraction of sp³-hybridized carbons (Fsp3) is 0.733. The molecule has 4 heteroatoms. The lowest BCUT2D eigenvalue weighted by molar-refractivity contribution is -0.148. The van der Waals surface area contributed by atoms with Gasteiger partial charge in [-0.1, -0.05) is 26.7 Å². The number of aliphatic carboxylic acids is 1. The van der Waals surface area contributed by atoms with E-state index in [1.54, 1.807) is 0 Å². The number of rotatable bonds is 6. The van der Waals surface area contributed by atoms with E-state index in [-0.39, 0.29) is 0 Å². The van der Waals surface area contributed by atoms with Crippen LogP contribution in [0.25, 0.3) is 0 Å². The van der Waals surface area contributed by atoms with Crippen LogP contribution >= 0.6 is 0 Å². The van der Waals surface area contributed by atoms with Crippen LogP contribution in [-0.4, -0.2) is 20.9 Å². The Morgan fingerprint density at radius 1 is 1.42 bits per heavy atom. The van der Waals surface area contributed by atoms with Gasteiger partial charge in [0.15, 0.2) is 0 Å². The zero-order valence-electron chi connectivity index (χ0n) is 11.9. The molecular weight excluding hydrogens is 240 g/mol. The van der Waals surface area contributed by atoms with Crippen LogP contribution in [0.1, 0.15) is 64.1 Å². The fourth-order valence-electron chi connectivity index (χ4n) is 3.20. The fourth-order valence-corrected chi connectivity index (χ4v) is 3.20. The van der Waals surface area contributed by atoms with Crippen LogP contribution in [0.5, 0.6) is 0 Å². The van der Waals surface area contributed by atoms with Crippen molar-refractivity contribution in [1.29, 1.82) is 0 Å². The standard InChI is InChI=1S/C15H24N2O2/c1-3-13(4-2)17-10-7-12(16-17)11-15(14(18)19)8-5-6-9-15/h7,10,13H,3-6,8-9,11H2,1-2H3,(H,18,19). The van der Waals surface area contributed by atoms with Crippen molar-refractivity contribution >= 4 is 5.97 Å². The van der Waals surface area contributed by atoms with Gasteiger partial charge < -0.3 is 5.11 Å². The highest BCUT2D eigenvalue weighted by Crippen LogP contribution is 2.41. The van der Waals surface area contributed by atoms with Crippen molar-refractivity contribution in [2.24, 2.45) is 5.41 Å². The third kappa shape index (κ3) is 2.82. The molecule has 2 rings (SSSR count). The molecular formula is C15H24N2O2. The molecule has 0 saturated heterocycles. The first-order chi connectivity index (χ1) is 9.11. The number of aromatic nitrogens is 2. The Hall–Kier alpha value is -1.32. The van der Waals surface area contributed by atoms with Crippen LogP contribution in [0.4, 0.5) is 0 Å². The van der Waals surface area contributed by atoms with E-state index in [1.807, 2.05) is 16.9 Å². The number of hydrogen-bond acceptors (Lipinski definition) is 2. The van der Waals surface area contributed by atoms with Gasteiger partial charge in [-0.05, 0) is 31.7 Å². The van der Waals surface area contributed by atoms with Gasteiger partial charge in [-0.25, -0.2) is 0 Å². The highest BCUT2D eigenvalue weighted by Gasteiger charge is 2.41. The Kier molecular flexibility index (Phi) is 4.27. The third-order valence-corrected chi connectivity index (χ3v) is 4.51. The van der Waals surface area contributed by atoms with Gasteiger partial charge in [-0.15, -0.1) is 0 Å². The molecule has 1 aliphatic rings. The third-order valence-electron chi connectivity index (χ3n) is 4.51. The molecule has 0 amide bonds. The maximum atomic E-state index is 11.5. The molecule has 0 bridgehead atoms. The second kappa shape index (κ2) is 5.76. The molecule has 0 atom stereocenters. The minimum Gasteiger partial charge on any atom is -0.481 e. The minimum atomic E-state index is -0.651. The molecule has 1 aromatic heterocycles. The lowest BCUT2D eigenvalue weighted by Crippen LogP contribution is -2.30. The van der Waals surface area contributed by atoms with Gasteiger partial charge >= 0.3 is 5.97 Å². The molecule has 0 aliphatic heterocycles. The number of carboxylic acids is 1. The number of hydrogen-bond donors (Lipinski definition) is 1. The van der Waals surface area contributed by atoms with Crippen molar-refractivity contribution in [2.45, 2.75) is 64.8 Å². The average Bonchev–Trinajstić information content (AvgIpc) is 3.02. The van der Waals surface area contributed by atoms with Gasteiger partial charge in [0.25, 0.3) is 0 Å². The highest BCUT2D eigenvalue weighted by molar-refractivity contribution is 5.75. The first kappa shape index (κ1) is 14.1. The monoisotopic (exact) mass is 264 g/mol. The quantitative estimate of drug-likeness (QED) is 0.856. The van der Waals surface area contributed by atoms with Crippen molar-refractivity contribution in [3.8, 4) is 0 Å². The maximum Gasteiger partial charge on any atom is 0.310 e. The van der Waals surface area contributed by atoms with Crippen LogP contribution < -0.4 is 0 Å². The Bertz CT molecular complexity index is 429. The van der Waals surface area contributed by atoms with E-state index in [0.717, 1.165) is 44.2 Å². The number of carboxylic acid groups (broad SMARTS) is 1. The molecule has 1 heterocycles. The predicted octanol–water partition coefficient (Wildman–Crippen LogP) is 3.43. The molecule has 1 fully saturated rings. The van der Waals surface area contributed by atoms with E-state index in [1.165, 1.54) is 0 Å². The molecule has 0 radical (unpaired) electrons. The van der Waals surface area contributed by atoms with Gasteiger partial charge in [0.1, 0.15) is 0 Å². The summed E-state index contributed by atoms with van der Waals surface area (Å²) >= 11 is 0. The van der Waals surface area contributed by atoms with Crippen molar-refractivity contribution in [3.63, 3.8) is 0 Å². The zero-order valence-corrected chi connectivity index (χ0v) is 11.9. The van der Waals surface area contributed by atoms with E-state index >= 15 is 0 Å². The molecule has 4 nitrogen and oxygen atoms in total. The number of carbonyl (C=O) groups is 1. The van der Waals surface area contributed by atoms with E-state index < -0.39 is 11.4 Å². The summed E-state index contributed by atoms with van der Waals surface area (Å²) in [6, 6.07) is 2.42. The largest absolute Gasteiger partial charge is 0.481 e. The molecule has 106 valence electrons. The summed E-state index contributed by atoms with van der Waals surface area (Å²) in [4.78, 5) is 11.5. The Balaban J connectivity index is 2.12. The Labute approximate surface area is 114 Å². The molecule has 0 spiro atoms. The van der Waals surface area contributed by atoms with Gasteiger partial charge in [0, 0.05) is 12.6 Å². The van der Waals surface area contributed by atoms with Gasteiger partial charge in [0.05, 0.1) is 17.2 Å². The lowest BCUT2D eigenvalue weighted by atomic mass is 9.82. The normalized spacial score (nSPS) is 18.1. The van der Waals surface area contributed by atoms with Gasteiger partial charge in [0.2, 0.25) is 0 Å². The van der Waals surface area contributed by atoms with Crippen LogP contribution in [0.3, 0.4) is 0 Å².